The summed E-state index contributed by atoms with van der Waals surface area (Å²) in [6, 6.07) is 22.4. The van der Waals surface area contributed by atoms with Gasteiger partial charge in [-0.1, -0.05) is 42.5 Å². The van der Waals surface area contributed by atoms with Crippen molar-refractivity contribution < 1.29 is 9.21 Å². The normalized spacial score (nSPS) is 10.7. The van der Waals surface area contributed by atoms with E-state index in [0.29, 0.717) is 28.8 Å². The van der Waals surface area contributed by atoms with Gasteiger partial charge in [0.1, 0.15) is 11.1 Å². The monoisotopic (exact) mass is 400 g/mol. The Morgan fingerprint density at radius 1 is 1.03 bits per heavy atom. The molecule has 1 heterocycles. The predicted octanol–water partition coefficient (Wildman–Crippen LogP) is 5.20. The van der Waals surface area contributed by atoms with E-state index in [1.54, 1.807) is 24.3 Å². The number of para-hydroxylation sites is 1. The lowest BCUT2D eigenvalue weighted by Crippen LogP contribution is -2.21. The van der Waals surface area contributed by atoms with Gasteiger partial charge in [0, 0.05) is 22.5 Å². The SMILES string of the molecule is N#CCCSc1ccccc1NC(=O)c1cc2c(ccc3ccccc32)oc1=O. The summed E-state index contributed by atoms with van der Waals surface area (Å²) in [5, 5.41) is 14.2. The number of amides is 1. The number of fused-ring (bicyclic) bond motifs is 3. The van der Waals surface area contributed by atoms with E-state index in [1.807, 2.05) is 42.5 Å². The zero-order valence-electron chi connectivity index (χ0n) is 15.3. The zero-order chi connectivity index (χ0) is 20.2. The molecule has 0 saturated heterocycles. The number of rotatable bonds is 5. The van der Waals surface area contributed by atoms with Crippen LogP contribution in [0.25, 0.3) is 21.7 Å². The van der Waals surface area contributed by atoms with Gasteiger partial charge in [-0.25, -0.2) is 4.79 Å². The number of benzene rings is 3. The maximum atomic E-state index is 12.9. The predicted molar refractivity (Wildman–Crippen MR) is 115 cm³/mol. The van der Waals surface area contributed by atoms with Crippen LogP contribution in [0.4, 0.5) is 5.69 Å². The third-order valence-electron chi connectivity index (χ3n) is 4.49. The second-order valence-corrected chi connectivity index (χ2v) is 7.49. The quantitative estimate of drug-likeness (QED) is 0.215. The van der Waals surface area contributed by atoms with E-state index in [1.165, 1.54) is 11.8 Å². The first-order valence-corrected chi connectivity index (χ1v) is 10.0. The summed E-state index contributed by atoms with van der Waals surface area (Å²) < 4.78 is 5.41. The first-order chi connectivity index (χ1) is 14.2. The van der Waals surface area contributed by atoms with Crippen LogP contribution in [0.5, 0.6) is 0 Å². The summed E-state index contributed by atoms with van der Waals surface area (Å²) in [6.07, 6.45) is 0.411. The Labute approximate surface area is 171 Å². The highest BCUT2D eigenvalue weighted by atomic mass is 32.2. The number of nitriles is 1. The molecule has 5 nitrogen and oxygen atoms in total. The molecule has 0 fully saturated rings. The molecule has 0 radical (unpaired) electrons. The van der Waals surface area contributed by atoms with Gasteiger partial charge in [-0.2, -0.15) is 5.26 Å². The van der Waals surface area contributed by atoms with Crippen molar-refractivity contribution in [3.8, 4) is 6.07 Å². The zero-order valence-corrected chi connectivity index (χ0v) is 16.2. The number of nitrogens with one attached hydrogen (secondary N) is 1. The van der Waals surface area contributed by atoms with Crippen molar-refractivity contribution in [2.24, 2.45) is 0 Å². The van der Waals surface area contributed by atoms with Crippen LogP contribution in [0.1, 0.15) is 16.8 Å². The topological polar surface area (TPSA) is 83.1 Å². The minimum absolute atomic E-state index is 0.0503. The molecule has 1 N–H and O–H groups in total. The maximum absolute atomic E-state index is 12.9. The molecule has 6 heteroatoms. The molecule has 0 unspecified atom stereocenters. The summed E-state index contributed by atoms with van der Waals surface area (Å²) in [6.45, 7) is 0. The Hall–Kier alpha value is -3.56. The van der Waals surface area contributed by atoms with Gasteiger partial charge in [-0.3, -0.25) is 4.79 Å². The number of hydrogen-bond donors (Lipinski definition) is 1. The third-order valence-corrected chi connectivity index (χ3v) is 5.57. The average molecular weight is 400 g/mol. The lowest BCUT2D eigenvalue weighted by atomic mass is 10.0. The summed E-state index contributed by atoms with van der Waals surface area (Å²) >= 11 is 1.48. The molecular formula is C23H16N2O3S. The van der Waals surface area contributed by atoms with Crippen LogP contribution >= 0.6 is 11.8 Å². The van der Waals surface area contributed by atoms with Gasteiger partial charge in [-0.05, 0) is 35.0 Å². The molecule has 0 bridgehead atoms. The third kappa shape index (κ3) is 3.86. The van der Waals surface area contributed by atoms with Crippen LogP contribution in [-0.4, -0.2) is 11.7 Å². The molecule has 0 spiro atoms. The Kier molecular flexibility index (Phi) is 5.32. The van der Waals surface area contributed by atoms with Crippen LogP contribution in [0.15, 0.2) is 80.8 Å². The molecule has 0 atom stereocenters. The molecule has 29 heavy (non-hydrogen) atoms. The lowest BCUT2D eigenvalue weighted by Gasteiger charge is -2.10. The average Bonchev–Trinajstić information content (AvgIpc) is 2.74. The van der Waals surface area contributed by atoms with Crippen molar-refractivity contribution in [2.75, 3.05) is 11.1 Å². The molecule has 0 aliphatic heterocycles. The van der Waals surface area contributed by atoms with E-state index in [2.05, 4.69) is 11.4 Å². The highest BCUT2D eigenvalue weighted by Gasteiger charge is 2.16. The highest BCUT2D eigenvalue weighted by molar-refractivity contribution is 7.99. The Morgan fingerprint density at radius 3 is 2.69 bits per heavy atom. The molecule has 1 aromatic heterocycles. The Morgan fingerprint density at radius 2 is 1.83 bits per heavy atom. The second kappa shape index (κ2) is 8.21. The van der Waals surface area contributed by atoms with Crippen LogP contribution in [0.3, 0.4) is 0 Å². The molecule has 0 aliphatic carbocycles. The minimum atomic E-state index is -0.681. The molecule has 142 valence electrons. The fourth-order valence-electron chi connectivity index (χ4n) is 3.12. The molecular weight excluding hydrogens is 384 g/mol. The summed E-state index contributed by atoms with van der Waals surface area (Å²) in [4.78, 5) is 26.1. The van der Waals surface area contributed by atoms with Crippen molar-refractivity contribution >= 4 is 45.1 Å². The van der Waals surface area contributed by atoms with E-state index < -0.39 is 11.5 Å². The number of nitrogens with zero attached hydrogens (tertiary/aromatic N) is 1. The molecule has 3 aromatic carbocycles. The Balaban J connectivity index is 1.71. The van der Waals surface area contributed by atoms with Crippen molar-refractivity contribution in [3.63, 3.8) is 0 Å². The van der Waals surface area contributed by atoms with Gasteiger partial charge in [0.15, 0.2) is 0 Å². The molecule has 0 saturated carbocycles. The van der Waals surface area contributed by atoms with E-state index in [-0.39, 0.29) is 5.56 Å². The maximum Gasteiger partial charge on any atom is 0.349 e. The van der Waals surface area contributed by atoms with E-state index in [9.17, 15) is 9.59 Å². The number of carbonyl (C=O) groups excluding carboxylic acids is 1. The highest BCUT2D eigenvalue weighted by Crippen LogP contribution is 2.28. The smallest absolute Gasteiger partial charge is 0.349 e. The van der Waals surface area contributed by atoms with Gasteiger partial charge in [0.25, 0.3) is 5.91 Å². The molecule has 4 rings (SSSR count). The first kappa shape index (κ1) is 18.8. The van der Waals surface area contributed by atoms with Gasteiger partial charge in [0.2, 0.25) is 0 Å². The molecule has 1 amide bonds. The van der Waals surface area contributed by atoms with Crippen LogP contribution in [0, 0.1) is 11.3 Å². The van der Waals surface area contributed by atoms with E-state index in [4.69, 9.17) is 9.68 Å². The largest absolute Gasteiger partial charge is 0.422 e. The number of carbonyl (C=O) groups is 1. The number of hydrogen-bond acceptors (Lipinski definition) is 5. The lowest BCUT2D eigenvalue weighted by molar-refractivity contribution is 0.102. The van der Waals surface area contributed by atoms with Crippen molar-refractivity contribution in [1.29, 1.82) is 5.26 Å². The summed E-state index contributed by atoms with van der Waals surface area (Å²) in [5.74, 6) is 0.0925. The first-order valence-electron chi connectivity index (χ1n) is 9.03. The van der Waals surface area contributed by atoms with Crippen molar-refractivity contribution in [2.45, 2.75) is 11.3 Å². The fraction of sp³-hybridized carbons (Fsp3) is 0.0870. The standard InChI is InChI=1S/C23H16N2O3S/c24-12-5-13-29-21-9-4-3-8-19(21)25-22(26)18-14-17-16-7-2-1-6-15(16)10-11-20(17)28-23(18)27/h1-4,6-11,14H,5,13H2,(H,25,26). The van der Waals surface area contributed by atoms with E-state index in [0.717, 1.165) is 15.7 Å². The number of thioether (sulfide) groups is 1. The summed E-state index contributed by atoms with van der Waals surface area (Å²) in [5.41, 5.74) is 0.307. The Bertz CT molecular complexity index is 1320. The van der Waals surface area contributed by atoms with Gasteiger partial charge in [0.05, 0.1) is 11.8 Å². The van der Waals surface area contributed by atoms with E-state index >= 15 is 0 Å². The van der Waals surface area contributed by atoms with Crippen LogP contribution in [0.2, 0.25) is 0 Å². The molecule has 0 aliphatic rings. The van der Waals surface area contributed by atoms with Crippen molar-refractivity contribution in [3.05, 3.63) is 82.7 Å². The molecule has 4 aromatic rings. The summed E-state index contributed by atoms with van der Waals surface area (Å²) in [7, 11) is 0. The fourth-order valence-corrected chi connectivity index (χ4v) is 3.98. The van der Waals surface area contributed by atoms with Gasteiger partial charge >= 0.3 is 5.63 Å². The van der Waals surface area contributed by atoms with Crippen molar-refractivity contribution in [1.82, 2.24) is 0 Å². The number of anilines is 1. The second-order valence-electron chi connectivity index (χ2n) is 6.35. The van der Waals surface area contributed by atoms with Crippen LogP contribution < -0.4 is 10.9 Å². The minimum Gasteiger partial charge on any atom is -0.422 e. The van der Waals surface area contributed by atoms with Gasteiger partial charge < -0.3 is 9.73 Å². The van der Waals surface area contributed by atoms with Crippen LogP contribution in [-0.2, 0) is 0 Å². The van der Waals surface area contributed by atoms with Gasteiger partial charge in [-0.15, -0.1) is 11.8 Å².